The predicted molar refractivity (Wildman–Crippen MR) is 128 cm³/mol. The summed E-state index contributed by atoms with van der Waals surface area (Å²) < 4.78 is 28.5. The molecule has 176 valence electrons. The van der Waals surface area contributed by atoms with Gasteiger partial charge in [-0.3, -0.25) is 4.40 Å². The van der Waals surface area contributed by atoms with Crippen LogP contribution in [0, 0.1) is 0 Å². The monoisotopic (exact) mass is 472 g/mol. The summed E-state index contributed by atoms with van der Waals surface area (Å²) in [6.07, 6.45) is -1.82. The smallest absolute Gasteiger partial charge is 0.297 e. The highest BCUT2D eigenvalue weighted by molar-refractivity contribution is 5.86. The lowest BCUT2D eigenvalue weighted by molar-refractivity contribution is -0.0738. The van der Waals surface area contributed by atoms with E-state index in [1.54, 1.807) is 19.1 Å². The molecule has 7 nitrogen and oxygen atoms in total. The standard InChI is InChI=1S/C26H22F2N6O/c1-25(35)13-26(29,14-25)17-9-7-16(8-10-17)20-21(15-5-3-2-4-6-15)31-23-18(30-20)11-12-19-32-33-24(22(27)28)34(19)23/h2-12,22,35H,13-14,29H2,1H3/t25-,26+. The maximum atomic E-state index is 13.6. The molecule has 0 unspecified atom stereocenters. The quantitative estimate of drug-likeness (QED) is 0.395. The molecule has 1 aliphatic rings. The van der Waals surface area contributed by atoms with Crippen molar-refractivity contribution in [2.45, 2.75) is 37.3 Å². The summed E-state index contributed by atoms with van der Waals surface area (Å²) in [6, 6.07) is 20.5. The van der Waals surface area contributed by atoms with E-state index >= 15 is 0 Å². The molecule has 0 atom stereocenters. The molecular formula is C26H22F2N6O. The summed E-state index contributed by atoms with van der Waals surface area (Å²) in [6.45, 7) is 1.79. The molecule has 5 aromatic rings. The molecule has 0 amide bonds. The van der Waals surface area contributed by atoms with Crippen LogP contribution in [0.15, 0.2) is 66.7 Å². The van der Waals surface area contributed by atoms with Gasteiger partial charge < -0.3 is 10.8 Å². The summed E-state index contributed by atoms with van der Waals surface area (Å²) in [7, 11) is 0. The second kappa shape index (κ2) is 7.59. The van der Waals surface area contributed by atoms with Crippen LogP contribution in [0.4, 0.5) is 8.78 Å². The average Bonchev–Trinajstić information content (AvgIpc) is 3.28. The van der Waals surface area contributed by atoms with Crippen LogP contribution in [0.5, 0.6) is 0 Å². The highest BCUT2D eigenvalue weighted by Crippen LogP contribution is 2.46. The second-order valence-corrected chi connectivity index (χ2v) is 9.47. The fourth-order valence-corrected chi connectivity index (χ4v) is 5.11. The second-order valence-electron chi connectivity index (χ2n) is 9.47. The molecule has 0 aliphatic heterocycles. The largest absolute Gasteiger partial charge is 0.390 e. The van der Waals surface area contributed by atoms with E-state index < -0.39 is 23.4 Å². The number of pyridine rings is 1. The predicted octanol–water partition coefficient (Wildman–Crippen LogP) is 4.64. The normalized spacial score (nSPS) is 22.1. The SMILES string of the molecule is C[C@]1(O)C[C@](N)(c2ccc(-c3nc4ccc5nnc(C(F)F)n5c4nc3-c3ccccc3)cc2)C1. The molecule has 0 saturated heterocycles. The first-order chi connectivity index (χ1) is 16.7. The molecule has 0 spiro atoms. The van der Waals surface area contributed by atoms with Gasteiger partial charge in [-0.15, -0.1) is 10.2 Å². The van der Waals surface area contributed by atoms with Gasteiger partial charge in [0.15, 0.2) is 11.3 Å². The first-order valence-electron chi connectivity index (χ1n) is 11.3. The van der Waals surface area contributed by atoms with Crippen molar-refractivity contribution in [1.82, 2.24) is 24.6 Å². The Labute approximate surface area is 199 Å². The number of rotatable bonds is 4. The zero-order valence-electron chi connectivity index (χ0n) is 18.9. The fourth-order valence-electron chi connectivity index (χ4n) is 5.11. The third kappa shape index (κ3) is 3.55. The Morgan fingerprint density at radius 1 is 0.886 bits per heavy atom. The molecule has 2 aromatic carbocycles. The summed E-state index contributed by atoms with van der Waals surface area (Å²) in [5, 5.41) is 17.7. The number of halogens is 2. The van der Waals surface area contributed by atoms with Gasteiger partial charge in [0.1, 0.15) is 5.52 Å². The van der Waals surface area contributed by atoms with Gasteiger partial charge in [-0.1, -0.05) is 54.6 Å². The fraction of sp³-hybridized carbons (Fsp3) is 0.231. The molecule has 9 heteroatoms. The number of nitrogens with zero attached hydrogens (tertiary/aromatic N) is 5. The topological polar surface area (TPSA) is 102 Å². The van der Waals surface area contributed by atoms with Crippen LogP contribution in [-0.4, -0.2) is 35.3 Å². The summed E-state index contributed by atoms with van der Waals surface area (Å²) in [4.78, 5) is 9.66. The number of alkyl halides is 2. The lowest BCUT2D eigenvalue weighted by Gasteiger charge is -2.49. The van der Waals surface area contributed by atoms with E-state index in [-0.39, 0.29) is 11.3 Å². The van der Waals surface area contributed by atoms with Crippen molar-refractivity contribution in [2.75, 3.05) is 0 Å². The Morgan fingerprint density at radius 3 is 2.20 bits per heavy atom. The lowest BCUT2D eigenvalue weighted by atomic mass is 9.63. The van der Waals surface area contributed by atoms with Crippen LogP contribution in [0.3, 0.4) is 0 Å². The molecule has 0 bridgehead atoms. The minimum atomic E-state index is -2.80. The van der Waals surface area contributed by atoms with Crippen molar-refractivity contribution in [3.05, 3.63) is 78.1 Å². The van der Waals surface area contributed by atoms with E-state index in [9.17, 15) is 13.9 Å². The van der Waals surface area contributed by atoms with Crippen molar-refractivity contribution in [2.24, 2.45) is 5.73 Å². The molecule has 35 heavy (non-hydrogen) atoms. The Bertz CT molecular complexity index is 1560. The van der Waals surface area contributed by atoms with Crippen molar-refractivity contribution in [3.63, 3.8) is 0 Å². The third-order valence-corrected chi connectivity index (χ3v) is 6.59. The van der Waals surface area contributed by atoms with Gasteiger partial charge in [0, 0.05) is 16.7 Å². The number of hydrogen-bond donors (Lipinski definition) is 2. The van der Waals surface area contributed by atoms with Crippen LogP contribution in [0.2, 0.25) is 0 Å². The molecule has 1 aliphatic carbocycles. The van der Waals surface area contributed by atoms with Crippen LogP contribution >= 0.6 is 0 Å². The van der Waals surface area contributed by atoms with Gasteiger partial charge in [0.05, 0.1) is 17.0 Å². The van der Waals surface area contributed by atoms with Crippen molar-refractivity contribution in [1.29, 1.82) is 0 Å². The van der Waals surface area contributed by atoms with Gasteiger partial charge in [0.2, 0.25) is 5.82 Å². The molecule has 1 fully saturated rings. The average molecular weight is 472 g/mol. The third-order valence-electron chi connectivity index (χ3n) is 6.59. The van der Waals surface area contributed by atoms with E-state index in [0.717, 1.165) is 16.7 Å². The Morgan fingerprint density at radius 2 is 1.54 bits per heavy atom. The van der Waals surface area contributed by atoms with Crippen molar-refractivity contribution in [3.8, 4) is 22.5 Å². The summed E-state index contributed by atoms with van der Waals surface area (Å²) >= 11 is 0. The van der Waals surface area contributed by atoms with E-state index in [1.165, 1.54) is 4.40 Å². The van der Waals surface area contributed by atoms with Crippen LogP contribution in [-0.2, 0) is 5.54 Å². The minimum Gasteiger partial charge on any atom is -0.390 e. The van der Waals surface area contributed by atoms with Crippen LogP contribution in [0.25, 0.3) is 39.3 Å². The van der Waals surface area contributed by atoms with Gasteiger partial charge >= 0.3 is 0 Å². The Balaban J connectivity index is 1.54. The first-order valence-corrected chi connectivity index (χ1v) is 11.3. The van der Waals surface area contributed by atoms with E-state index in [4.69, 9.17) is 15.7 Å². The molecule has 3 heterocycles. The zero-order valence-corrected chi connectivity index (χ0v) is 18.9. The van der Waals surface area contributed by atoms with Gasteiger partial charge in [-0.25, -0.2) is 18.7 Å². The Kier molecular flexibility index (Phi) is 4.71. The molecule has 1 saturated carbocycles. The van der Waals surface area contributed by atoms with E-state index in [2.05, 4.69) is 10.2 Å². The van der Waals surface area contributed by atoms with Gasteiger partial charge in [-0.05, 0) is 37.5 Å². The number of benzene rings is 2. The van der Waals surface area contributed by atoms with Crippen molar-refractivity contribution >= 4 is 16.8 Å². The number of aromatic nitrogens is 5. The molecule has 0 radical (unpaired) electrons. The van der Waals surface area contributed by atoms with E-state index in [0.29, 0.717) is 29.7 Å². The molecule has 3 aromatic heterocycles. The maximum Gasteiger partial charge on any atom is 0.297 e. The first kappa shape index (κ1) is 21.7. The molecule has 3 N–H and O–H groups in total. The zero-order chi connectivity index (χ0) is 24.4. The number of nitrogens with two attached hydrogens (primary N) is 1. The minimum absolute atomic E-state index is 0.264. The molecular weight excluding hydrogens is 450 g/mol. The number of hydrogen-bond acceptors (Lipinski definition) is 6. The number of fused-ring (bicyclic) bond motifs is 3. The van der Waals surface area contributed by atoms with Gasteiger partial charge in [0.25, 0.3) is 6.43 Å². The summed E-state index contributed by atoms with van der Waals surface area (Å²) in [5.41, 5.74) is 9.91. The summed E-state index contributed by atoms with van der Waals surface area (Å²) in [5.74, 6) is -0.472. The highest BCUT2D eigenvalue weighted by atomic mass is 19.3. The Hall–Kier alpha value is -3.82. The van der Waals surface area contributed by atoms with E-state index in [1.807, 2.05) is 54.6 Å². The van der Waals surface area contributed by atoms with Crippen LogP contribution in [0.1, 0.15) is 37.6 Å². The van der Waals surface area contributed by atoms with Gasteiger partial charge in [-0.2, -0.15) is 0 Å². The van der Waals surface area contributed by atoms with Crippen molar-refractivity contribution < 1.29 is 13.9 Å². The lowest BCUT2D eigenvalue weighted by Crippen LogP contribution is -2.58. The maximum absolute atomic E-state index is 13.6. The highest BCUT2D eigenvalue weighted by Gasteiger charge is 2.49. The van der Waals surface area contributed by atoms with Crippen LogP contribution < -0.4 is 5.73 Å². The number of aliphatic hydroxyl groups is 1. The molecule has 6 rings (SSSR count).